The number of amides is 1. The molecule has 0 radical (unpaired) electrons. The Morgan fingerprint density at radius 1 is 1.10 bits per heavy atom. The third-order valence-electron chi connectivity index (χ3n) is 6.64. The summed E-state index contributed by atoms with van der Waals surface area (Å²) < 4.78 is 5.35. The lowest BCUT2D eigenvalue weighted by molar-refractivity contribution is -0.130. The van der Waals surface area contributed by atoms with Crippen molar-refractivity contribution < 1.29 is 9.53 Å². The summed E-state index contributed by atoms with van der Waals surface area (Å²) in [4.78, 5) is 21.3. The molecule has 30 heavy (non-hydrogen) atoms. The Bertz CT molecular complexity index is 861. The van der Waals surface area contributed by atoms with Crippen LogP contribution in [-0.4, -0.2) is 60.0 Å². The van der Waals surface area contributed by atoms with Crippen LogP contribution in [0.3, 0.4) is 0 Å². The summed E-state index contributed by atoms with van der Waals surface area (Å²) >= 11 is 0. The molecule has 2 fully saturated rings. The van der Waals surface area contributed by atoms with Gasteiger partial charge in [-0.25, -0.2) is 0 Å². The van der Waals surface area contributed by atoms with E-state index in [2.05, 4.69) is 35.2 Å². The van der Waals surface area contributed by atoms with Crippen LogP contribution in [0.2, 0.25) is 0 Å². The maximum absolute atomic E-state index is 11.6. The van der Waals surface area contributed by atoms with E-state index in [1.54, 1.807) is 14.0 Å². The largest absolute Gasteiger partial charge is 0.497 e. The number of ether oxygens (including phenoxy) is 1. The molecule has 1 atom stereocenters. The molecule has 0 spiro atoms. The Kier molecular flexibility index (Phi) is 6.68. The number of carbonyl (C=O) groups is 1. The fraction of sp³-hybridized carbons (Fsp3) is 0.520. The summed E-state index contributed by atoms with van der Waals surface area (Å²) in [5.41, 5.74) is 3.57. The van der Waals surface area contributed by atoms with E-state index in [0.717, 1.165) is 50.3 Å². The van der Waals surface area contributed by atoms with E-state index in [1.165, 1.54) is 30.6 Å². The Labute approximate surface area is 180 Å². The highest BCUT2D eigenvalue weighted by atomic mass is 16.5. The van der Waals surface area contributed by atoms with Crippen LogP contribution in [0, 0.1) is 0 Å². The van der Waals surface area contributed by atoms with Crippen molar-refractivity contribution in [3.05, 3.63) is 59.4 Å². The van der Waals surface area contributed by atoms with Gasteiger partial charge in [0, 0.05) is 56.3 Å². The van der Waals surface area contributed by atoms with Gasteiger partial charge in [0.2, 0.25) is 5.91 Å². The number of rotatable bonds is 5. The summed E-state index contributed by atoms with van der Waals surface area (Å²) in [6, 6.07) is 15.3. The van der Waals surface area contributed by atoms with Crippen molar-refractivity contribution in [2.24, 2.45) is 0 Å². The minimum Gasteiger partial charge on any atom is -0.497 e. The zero-order valence-corrected chi connectivity index (χ0v) is 18.2. The molecule has 1 aromatic heterocycles. The van der Waals surface area contributed by atoms with Crippen molar-refractivity contribution in [3.8, 4) is 5.75 Å². The molecule has 1 unspecified atom stereocenters. The lowest BCUT2D eigenvalue weighted by Crippen LogP contribution is -2.49. The number of hydrogen-bond acceptors (Lipinski definition) is 4. The van der Waals surface area contributed by atoms with Crippen LogP contribution >= 0.6 is 0 Å². The highest BCUT2D eigenvalue weighted by Crippen LogP contribution is 2.29. The molecular weight excluding hydrogens is 374 g/mol. The van der Waals surface area contributed by atoms with Crippen molar-refractivity contribution in [2.45, 2.75) is 51.0 Å². The molecule has 2 aliphatic rings. The molecule has 2 saturated heterocycles. The average molecular weight is 408 g/mol. The molecule has 2 aromatic rings. The van der Waals surface area contributed by atoms with Crippen molar-refractivity contribution >= 4 is 5.91 Å². The first-order valence-electron chi connectivity index (χ1n) is 11.2. The molecular formula is C25H33N3O2. The smallest absolute Gasteiger partial charge is 0.219 e. The van der Waals surface area contributed by atoms with Gasteiger partial charge >= 0.3 is 0 Å². The monoisotopic (exact) mass is 407 g/mol. The van der Waals surface area contributed by atoms with Crippen molar-refractivity contribution in [1.82, 2.24) is 14.8 Å². The van der Waals surface area contributed by atoms with Gasteiger partial charge in [-0.1, -0.05) is 18.2 Å². The SMILES string of the molecule is COc1cccc(Cc2cccc(C3CCCN(C4CCN(C(C)=O)CC4)C3)n2)c1. The van der Waals surface area contributed by atoms with Gasteiger partial charge in [-0.05, 0) is 62.1 Å². The number of hydrogen-bond donors (Lipinski definition) is 0. The van der Waals surface area contributed by atoms with Gasteiger partial charge in [0.05, 0.1) is 7.11 Å². The second-order valence-electron chi connectivity index (χ2n) is 8.65. The number of methoxy groups -OCH3 is 1. The molecule has 3 heterocycles. The van der Waals surface area contributed by atoms with Gasteiger partial charge in [0.25, 0.3) is 0 Å². The fourth-order valence-corrected chi connectivity index (χ4v) is 4.94. The average Bonchev–Trinajstić information content (AvgIpc) is 2.79. The van der Waals surface area contributed by atoms with Gasteiger partial charge in [-0.15, -0.1) is 0 Å². The van der Waals surface area contributed by atoms with E-state index in [4.69, 9.17) is 9.72 Å². The summed E-state index contributed by atoms with van der Waals surface area (Å²) in [6.07, 6.45) is 5.44. The van der Waals surface area contributed by atoms with E-state index >= 15 is 0 Å². The molecule has 1 aromatic carbocycles. The maximum atomic E-state index is 11.6. The van der Waals surface area contributed by atoms with E-state index in [9.17, 15) is 4.79 Å². The van der Waals surface area contributed by atoms with Gasteiger partial charge in [-0.3, -0.25) is 14.7 Å². The number of pyridine rings is 1. The third-order valence-corrected chi connectivity index (χ3v) is 6.64. The Morgan fingerprint density at radius 2 is 1.90 bits per heavy atom. The lowest BCUT2D eigenvalue weighted by Gasteiger charge is -2.42. The zero-order chi connectivity index (χ0) is 20.9. The van der Waals surface area contributed by atoms with Gasteiger partial charge in [0.1, 0.15) is 5.75 Å². The first-order valence-corrected chi connectivity index (χ1v) is 11.2. The van der Waals surface area contributed by atoms with Crippen LogP contribution in [-0.2, 0) is 11.2 Å². The van der Waals surface area contributed by atoms with Crippen molar-refractivity contribution in [1.29, 1.82) is 0 Å². The van der Waals surface area contributed by atoms with Gasteiger partial charge in [-0.2, -0.15) is 0 Å². The molecule has 1 amide bonds. The van der Waals surface area contributed by atoms with Crippen LogP contribution in [0.15, 0.2) is 42.5 Å². The molecule has 0 saturated carbocycles. The highest BCUT2D eigenvalue weighted by Gasteiger charge is 2.30. The van der Waals surface area contributed by atoms with Gasteiger partial charge in [0.15, 0.2) is 0 Å². The normalized spacial score (nSPS) is 20.9. The minimum absolute atomic E-state index is 0.210. The molecule has 0 aliphatic carbocycles. The van der Waals surface area contributed by atoms with Crippen LogP contribution in [0.5, 0.6) is 5.75 Å². The molecule has 0 N–H and O–H groups in total. The standard InChI is InChI=1S/C25H33N3O2/c1-19(29)27-14-11-23(12-15-27)28-13-5-7-21(18-28)25-10-4-8-22(26-25)16-20-6-3-9-24(17-20)30-2/h3-4,6,8-10,17,21,23H,5,7,11-16,18H2,1-2H3. The topological polar surface area (TPSA) is 45.7 Å². The van der Waals surface area contributed by atoms with E-state index < -0.39 is 0 Å². The molecule has 5 heteroatoms. The van der Waals surface area contributed by atoms with E-state index in [0.29, 0.717) is 12.0 Å². The number of carbonyl (C=O) groups excluding carboxylic acids is 1. The molecule has 4 rings (SSSR count). The van der Waals surface area contributed by atoms with E-state index in [-0.39, 0.29) is 5.91 Å². The first kappa shape index (κ1) is 20.9. The number of aromatic nitrogens is 1. The second kappa shape index (κ2) is 9.61. The zero-order valence-electron chi connectivity index (χ0n) is 18.2. The fourth-order valence-electron chi connectivity index (χ4n) is 4.94. The molecule has 2 aliphatic heterocycles. The summed E-state index contributed by atoms with van der Waals surface area (Å²) in [5.74, 6) is 1.60. The van der Waals surface area contributed by atoms with Gasteiger partial charge < -0.3 is 9.64 Å². The Balaban J connectivity index is 1.40. The van der Waals surface area contributed by atoms with E-state index in [1.807, 2.05) is 17.0 Å². The number of nitrogens with zero attached hydrogens (tertiary/aromatic N) is 3. The summed E-state index contributed by atoms with van der Waals surface area (Å²) in [5, 5.41) is 0. The predicted octanol–water partition coefficient (Wildman–Crippen LogP) is 3.87. The minimum atomic E-state index is 0.210. The van der Waals surface area contributed by atoms with Crippen LogP contribution in [0.4, 0.5) is 0 Å². The number of likely N-dealkylation sites (tertiary alicyclic amines) is 2. The summed E-state index contributed by atoms with van der Waals surface area (Å²) in [7, 11) is 1.71. The second-order valence-corrected chi connectivity index (χ2v) is 8.65. The van der Waals surface area contributed by atoms with Crippen LogP contribution in [0.25, 0.3) is 0 Å². The Hall–Kier alpha value is -2.40. The quantitative estimate of drug-likeness (QED) is 0.755. The highest BCUT2D eigenvalue weighted by molar-refractivity contribution is 5.73. The lowest BCUT2D eigenvalue weighted by atomic mass is 9.91. The molecule has 5 nitrogen and oxygen atoms in total. The number of piperidine rings is 2. The first-order chi connectivity index (χ1) is 14.6. The van der Waals surface area contributed by atoms with Crippen molar-refractivity contribution in [2.75, 3.05) is 33.3 Å². The summed E-state index contributed by atoms with van der Waals surface area (Å²) in [6.45, 7) is 5.73. The third kappa shape index (κ3) is 5.01. The maximum Gasteiger partial charge on any atom is 0.219 e. The van der Waals surface area contributed by atoms with Crippen molar-refractivity contribution in [3.63, 3.8) is 0 Å². The number of benzene rings is 1. The molecule has 160 valence electrons. The van der Waals surface area contributed by atoms with Crippen LogP contribution < -0.4 is 4.74 Å². The van der Waals surface area contributed by atoms with Crippen LogP contribution in [0.1, 0.15) is 55.5 Å². The Morgan fingerprint density at radius 3 is 2.67 bits per heavy atom. The predicted molar refractivity (Wildman–Crippen MR) is 119 cm³/mol. The molecule has 0 bridgehead atoms.